The van der Waals surface area contributed by atoms with Gasteiger partial charge in [0.1, 0.15) is 17.6 Å². The largest absolute Gasteiger partial charge is 0.381 e. The zero-order valence-electron chi connectivity index (χ0n) is 20.9. The molecule has 0 radical (unpaired) electrons. The van der Waals surface area contributed by atoms with Crippen LogP contribution in [0.15, 0.2) is 55.1 Å². The molecule has 37 heavy (non-hydrogen) atoms. The molecule has 0 aliphatic carbocycles. The smallest absolute Gasteiger partial charge is 0.255 e. The van der Waals surface area contributed by atoms with E-state index < -0.39 is 6.17 Å². The molecule has 0 bridgehead atoms. The van der Waals surface area contributed by atoms with Crippen molar-refractivity contribution in [2.75, 3.05) is 32.6 Å². The molecular formula is C28H29FN6O2. The third-order valence-corrected chi connectivity index (χ3v) is 7.15. The summed E-state index contributed by atoms with van der Waals surface area (Å²) in [6.45, 7) is 2.41. The second-order valence-corrected chi connectivity index (χ2v) is 9.95. The van der Waals surface area contributed by atoms with Gasteiger partial charge in [0.05, 0.1) is 17.5 Å². The monoisotopic (exact) mass is 500 g/mol. The maximum absolute atomic E-state index is 13.7. The summed E-state index contributed by atoms with van der Waals surface area (Å²) in [6, 6.07) is 9.26. The van der Waals surface area contributed by atoms with E-state index in [1.54, 1.807) is 29.2 Å². The second kappa shape index (κ2) is 9.57. The molecule has 1 amide bonds. The number of carbonyl (C=O) groups excluding carboxylic acids is 1. The van der Waals surface area contributed by atoms with Crippen LogP contribution in [-0.4, -0.2) is 52.5 Å². The third-order valence-electron chi connectivity index (χ3n) is 7.15. The molecule has 1 unspecified atom stereocenters. The van der Waals surface area contributed by atoms with Gasteiger partial charge in [-0.25, -0.2) is 9.37 Å². The molecule has 1 saturated heterocycles. The van der Waals surface area contributed by atoms with E-state index in [2.05, 4.69) is 57.8 Å². The molecule has 0 saturated carbocycles. The number of benzene rings is 1. The lowest BCUT2D eigenvalue weighted by Crippen LogP contribution is -2.25. The highest BCUT2D eigenvalue weighted by atomic mass is 19.1. The number of carbonyl (C=O) groups is 1. The van der Waals surface area contributed by atoms with Crippen molar-refractivity contribution in [3.8, 4) is 11.3 Å². The minimum absolute atomic E-state index is 0.186. The van der Waals surface area contributed by atoms with Crippen LogP contribution in [-0.2, 0) is 11.3 Å². The van der Waals surface area contributed by atoms with Gasteiger partial charge in [-0.1, -0.05) is 6.07 Å². The maximum atomic E-state index is 13.7. The van der Waals surface area contributed by atoms with E-state index in [0.29, 0.717) is 17.1 Å². The SMILES string of the molecule is CN(C)Cc1cc(NC2NC(=O)c3cncc(-c4cnc5cc(F)ccn45)c32)ccc1C1CCOCC1. The Hall–Kier alpha value is -3.82. The molecule has 4 aromatic rings. The summed E-state index contributed by atoms with van der Waals surface area (Å²) in [5.41, 5.74) is 6.87. The summed E-state index contributed by atoms with van der Waals surface area (Å²) >= 11 is 0. The average molecular weight is 501 g/mol. The van der Waals surface area contributed by atoms with Crippen LogP contribution in [0.4, 0.5) is 10.1 Å². The lowest BCUT2D eigenvalue weighted by molar-refractivity contribution is 0.0850. The number of aromatic nitrogens is 3. The number of nitrogens with one attached hydrogen (secondary N) is 2. The van der Waals surface area contributed by atoms with Gasteiger partial charge in [-0.3, -0.25) is 14.2 Å². The Morgan fingerprint density at radius 1 is 1.14 bits per heavy atom. The summed E-state index contributed by atoms with van der Waals surface area (Å²) in [4.78, 5) is 23.7. The van der Waals surface area contributed by atoms with E-state index >= 15 is 0 Å². The molecule has 1 aromatic carbocycles. The maximum Gasteiger partial charge on any atom is 0.255 e. The fourth-order valence-corrected chi connectivity index (χ4v) is 5.46. The molecule has 190 valence electrons. The van der Waals surface area contributed by atoms with Gasteiger partial charge in [0.15, 0.2) is 0 Å². The van der Waals surface area contributed by atoms with E-state index in [-0.39, 0.29) is 11.7 Å². The first-order valence-corrected chi connectivity index (χ1v) is 12.5. The Kier molecular flexibility index (Phi) is 6.10. The van der Waals surface area contributed by atoms with Gasteiger partial charge in [-0.2, -0.15) is 0 Å². The molecule has 2 aliphatic rings. The van der Waals surface area contributed by atoms with Crippen LogP contribution in [0.25, 0.3) is 16.9 Å². The highest BCUT2D eigenvalue weighted by Gasteiger charge is 2.33. The highest BCUT2D eigenvalue weighted by Crippen LogP contribution is 2.37. The molecule has 2 aliphatic heterocycles. The van der Waals surface area contributed by atoms with Crippen molar-refractivity contribution >= 4 is 17.2 Å². The number of hydrogen-bond acceptors (Lipinski definition) is 6. The lowest BCUT2D eigenvalue weighted by atomic mass is 9.88. The standard InChI is InChI=1S/C28H29FN6O2/c1-34(2)16-18-11-20(3-4-21(18)17-6-9-37-10-7-17)32-27-26-22(13-30-14-23(26)28(36)33-27)24-15-31-25-12-19(29)5-8-35(24)25/h3-5,8,11-15,17,27,32H,6-7,9-10,16H2,1-2H3,(H,33,36). The Labute approximate surface area is 214 Å². The molecule has 6 rings (SSSR count). The van der Waals surface area contributed by atoms with Crippen molar-refractivity contribution in [1.29, 1.82) is 0 Å². The van der Waals surface area contributed by atoms with Crippen molar-refractivity contribution < 1.29 is 13.9 Å². The fourth-order valence-electron chi connectivity index (χ4n) is 5.46. The second-order valence-electron chi connectivity index (χ2n) is 9.95. The Morgan fingerprint density at radius 2 is 1.95 bits per heavy atom. The number of anilines is 1. The van der Waals surface area contributed by atoms with Gasteiger partial charge in [-0.15, -0.1) is 0 Å². The molecule has 3 aromatic heterocycles. The van der Waals surface area contributed by atoms with Crippen LogP contribution in [0, 0.1) is 5.82 Å². The summed E-state index contributed by atoms with van der Waals surface area (Å²) in [6.07, 6.45) is 8.24. The quantitative estimate of drug-likeness (QED) is 0.410. The van der Waals surface area contributed by atoms with Crippen LogP contribution >= 0.6 is 0 Å². The molecule has 9 heteroatoms. The van der Waals surface area contributed by atoms with E-state index in [9.17, 15) is 9.18 Å². The Morgan fingerprint density at radius 3 is 2.76 bits per heavy atom. The predicted molar refractivity (Wildman–Crippen MR) is 139 cm³/mol. The number of ether oxygens (including phenoxy) is 1. The first-order chi connectivity index (χ1) is 18.0. The predicted octanol–water partition coefficient (Wildman–Crippen LogP) is 4.35. The van der Waals surface area contributed by atoms with Crippen molar-refractivity contribution in [2.45, 2.75) is 31.5 Å². The van der Waals surface area contributed by atoms with E-state index in [1.807, 2.05) is 0 Å². The fraction of sp³-hybridized carbons (Fsp3) is 0.321. The van der Waals surface area contributed by atoms with E-state index in [4.69, 9.17) is 4.74 Å². The number of amides is 1. The number of halogens is 1. The Bertz CT molecular complexity index is 1480. The molecule has 2 N–H and O–H groups in total. The van der Waals surface area contributed by atoms with Gasteiger partial charge in [-0.05, 0) is 62.2 Å². The number of pyridine rings is 2. The van der Waals surface area contributed by atoms with Gasteiger partial charge in [0.2, 0.25) is 0 Å². The number of imidazole rings is 1. The minimum atomic E-state index is -0.451. The van der Waals surface area contributed by atoms with E-state index in [0.717, 1.165) is 55.1 Å². The first kappa shape index (κ1) is 23.6. The van der Waals surface area contributed by atoms with Gasteiger partial charge < -0.3 is 20.3 Å². The number of nitrogens with zero attached hydrogens (tertiary/aromatic N) is 4. The minimum Gasteiger partial charge on any atom is -0.381 e. The summed E-state index contributed by atoms with van der Waals surface area (Å²) < 4.78 is 21.1. The van der Waals surface area contributed by atoms with E-state index in [1.165, 1.54) is 23.3 Å². The van der Waals surface area contributed by atoms with Gasteiger partial charge >= 0.3 is 0 Å². The molecule has 1 atom stereocenters. The van der Waals surface area contributed by atoms with Crippen LogP contribution in [0.5, 0.6) is 0 Å². The third kappa shape index (κ3) is 4.45. The van der Waals surface area contributed by atoms with Gasteiger partial charge in [0.25, 0.3) is 5.91 Å². The number of hydrogen-bond donors (Lipinski definition) is 2. The molecule has 0 spiro atoms. The first-order valence-electron chi connectivity index (χ1n) is 12.5. The van der Waals surface area contributed by atoms with Crippen molar-refractivity contribution in [2.24, 2.45) is 0 Å². The van der Waals surface area contributed by atoms with Gasteiger partial charge in [0, 0.05) is 61.2 Å². The van der Waals surface area contributed by atoms with Crippen LogP contribution in [0.1, 0.15) is 52.0 Å². The summed E-state index contributed by atoms with van der Waals surface area (Å²) in [5.74, 6) is -0.0495. The molecule has 1 fully saturated rings. The van der Waals surface area contributed by atoms with Crippen molar-refractivity contribution in [1.82, 2.24) is 24.6 Å². The van der Waals surface area contributed by atoms with Crippen LogP contribution in [0.3, 0.4) is 0 Å². The van der Waals surface area contributed by atoms with Crippen LogP contribution < -0.4 is 10.6 Å². The normalized spacial score (nSPS) is 17.8. The summed E-state index contributed by atoms with van der Waals surface area (Å²) in [5, 5.41) is 6.60. The zero-order valence-corrected chi connectivity index (χ0v) is 20.9. The molecular weight excluding hydrogens is 471 g/mol. The topological polar surface area (TPSA) is 83.8 Å². The summed E-state index contributed by atoms with van der Waals surface area (Å²) in [7, 11) is 4.14. The number of rotatable bonds is 6. The molecule has 5 heterocycles. The highest BCUT2D eigenvalue weighted by molar-refractivity contribution is 6.01. The molecule has 8 nitrogen and oxygen atoms in total. The lowest BCUT2D eigenvalue weighted by Gasteiger charge is -2.27. The zero-order chi connectivity index (χ0) is 25.5. The van der Waals surface area contributed by atoms with Crippen LogP contribution in [0.2, 0.25) is 0 Å². The van der Waals surface area contributed by atoms with Crippen molar-refractivity contribution in [3.63, 3.8) is 0 Å². The Balaban J connectivity index is 1.37. The average Bonchev–Trinajstić information content (AvgIpc) is 3.45. The van der Waals surface area contributed by atoms with Crippen molar-refractivity contribution in [3.05, 3.63) is 83.2 Å². The number of fused-ring (bicyclic) bond motifs is 2.